The first-order chi connectivity index (χ1) is 5.79. The topological polar surface area (TPSA) is 80.5 Å². The van der Waals surface area contributed by atoms with Gasteiger partial charge in [0.2, 0.25) is 15.9 Å². The Bertz CT molecular complexity index is 297. The predicted molar refractivity (Wildman–Crippen MR) is 50.4 cm³/mol. The van der Waals surface area contributed by atoms with Gasteiger partial charge in [0, 0.05) is 6.04 Å². The maximum absolute atomic E-state index is 11.1. The average molecular weight is 206 g/mol. The molecule has 0 saturated heterocycles. The third-order valence-electron chi connectivity index (χ3n) is 1.53. The molecule has 1 unspecified atom stereocenters. The lowest BCUT2D eigenvalue weighted by Crippen LogP contribution is -2.42. The fraction of sp³-hybridized carbons (Fsp3) is 0.571. The molecular formula is C7H14N2O3S. The van der Waals surface area contributed by atoms with Gasteiger partial charge in [-0.1, -0.05) is 6.08 Å². The van der Waals surface area contributed by atoms with Crippen LogP contribution < -0.4 is 5.73 Å². The van der Waals surface area contributed by atoms with Crippen LogP contribution in [0.4, 0.5) is 0 Å². The van der Waals surface area contributed by atoms with Gasteiger partial charge in [0.1, 0.15) is 0 Å². The first-order valence-electron chi connectivity index (χ1n) is 3.66. The number of carbonyl (C=O) groups is 1. The number of amides is 1. The van der Waals surface area contributed by atoms with Gasteiger partial charge in [-0.15, -0.1) is 6.58 Å². The van der Waals surface area contributed by atoms with Crippen LogP contribution in [0.2, 0.25) is 0 Å². The highest BCUT2D eigenvalue weighted by Gasteiger charge is 2.22. The summed E-state index contributed by atoms with van der Waals surface area (Å²) in [6.07, 6.45) is 2.46. The van der Waals surface area contributed by atoms with Crippen molar-refractivity contribution < 1.29 is 13.2 Å². The minimum Gasteiger partial charge on any atom is -0.369 e. The van der Waals surface area contributed by atoms with E-state index < -0.39 is 22.0 Å². The second kappa shape index (κ2) is 4.38. The van der Waals surface area contributed by atoms with E-state index in [4.69, 9.17) is 5.73 Å². The normalized spacial score (nSPS) is 14.1. The van der Waals surface area contributed by atoms with Gasteiger partial charge >= 0.3 is 0 Å². The zero-order chi connectivity index (χ0) is 10.6. The fourth-order valence-corrected chi connectivity index (χ4v) is 1.89. The van der Waals surface area contributed by atoms with Gasteiger partial charge in [-0.2, -0.15) is 4.31 Å². The van der Waals surface area contributed by atoms with Crippen LogP contribution in [-0.2, 0) is 14.8 Å². The molecule has 0 fully saturated rings. The lowest BCUT2D eigenvalue weighted by molar-refractivity contribution is -0.118. The fourth-order valence-electron chi connectivity index (χ4n) is 0.834. The molecule has 0 aliphatic carbocycles. The molecular weight excluding hydrogens is 192 g/mol. The van der Waals surface area contributed by atoms with Crippen molar-refractivity contribution in [1.82, 2.24) is 4.31 Å². The summed E-state index contributed by atoms with van der Waals surface area (Å²) in [4.78, 5) is 10.6. The monoisotopic (exact) mass is 206 g/mol. The summed E-state index contributed by atoms with van der Waals surface area (Å²) in [5.74, 6) is -0.681. The summed E-state index contributed by atoms with van der Waals surface area (Å²) in [5.41, 5.74) is 4.90. The van der Waals surface area contributed by atoms with Crippen LogP contribution in [0.3, 0.4) is 0 Å². The molecule has 0 aromatic carbocycles. The molecule has 13 heavy (non-hydrogen) atoms. The Labute approximate surface area is 78.3 Å². The molecule has 0 aliphatic heterocycles. The van der Waals surface area contributed by atoms with Crippen molar-refractivity contribution in [2.45, 2.75) is 13.0 Å². The van der Waals surface area contributed by atoms with Crippen LogP contribution in [-0.4, -0.2) is 37.5 Å². The summed E-state index contributed by atoms with van der Waals surface area (Å²) < 4.78 is 23.3. The van der Waals surface area contributed by atoms with E-state index in [1.54, 1.807) is 6.92 Å². The van der Waals surface area contributed by atoms with E-state index >= 15 is 0 Å². The summed E-state index contributed by atoms with van der Waals surface area (Å²) in [6, 6.07) is -0.428. The van der Waals surface area contributed by atoms with Crippen molar-refractivity contribution >= 4 is 15.9 Å². The van der Waals surface area contributed by atoms with Crippen molar-refractivity contribution in [2.24, 2.45) is 5.73 Å². The van der Waals surface area contributed by atoms with E-state index in [1.807, 2.05) is 0 Å². The summed E-state index contributed by atoms with van der Waals surface area (Å²) >= 11 is 0. The smallest absolute Gasteiger partial charge is 0.232 e. The summed E-state index contributed by atoms with van der Waals surface area (Å²) in [5, 5.41) is 0. The number of rotatable bonds is 5. The molecule has 0 aromatic heterocycles. The number of nitrogens with zero attached hydrogens (tertiary/aromatic N) is 1. The second-order valence-corrected chi connectivity index (χ2v) is 4.69. The van der Waals surface area contributed by atoms with Crippen molar-refractivity contribution in [3.63, 3.8) is 0 Å². The largest absolute Gasteiger partial charge is 0.369 e. The lowest BCUT2D eigenvalue weighted by Gasteiger charge is -2.22. The second-order valence-electron chi connectivity index (χ2n) is 2.75. The predicted octanol–water partition coefficient (Wildman–Crippen LogP) is -0.692. The summed E-state index contributed by atoms with van der Waals surface area (Å²) in [7, 11) is -3.41. The maximum atomic E-state index is 11.1. The first kappa shape index (κ1) is 12.1. The quantitative estimate of drug-likeness (QED) is 0.604. The number of carbonyl (C=O) groups excluding carboxylic acids is 1. The Balaban J connectivity index is 4.76. The zero-order valence-electron chi connectivity index (χ0n) is 7.73. The van der Waals surface area contributed by atoms with Crippen LogP contribution in [0.25, 0.3) is 0 Å². The van der Waals surface area contributed by atoms with Crippen LogP contribution in [0.5, 0.6) is 0 Å². The number of sulfonamides is 1. The Morgan fingerprint density at radius 3 is 2.38 bits per heavy atom. The number of hydrogen-bond donors (Lipinski definition) is 1. The highest BCUT2D eigenvalue weighted by Crippen LogP contribution is 2.05. The molecule has 0 spiro atoms. The molecule has 0 heterocycles. The molecule has 0 saturated carbocycles. The highest BCUT2D eigenvalue weighted by molar-refractivity contribution is 7.88. The van der Waals surface area contributed by atoms with E-state index in [2.05, 4.69) is 6.58 Å². The molecule has 0 bridgehead atoms. The van der Waals surface area contributed by atoms with Crippen LogP contribution >= 0.6 is 0 Å². The van der Waals surface area contributed by atoms with E-state index in [1.165, 1.54) is 6.08 Å². The summed E-state index contributed by atoms with van der Waals surface area (Å²) in [6.45, 7) is 4.75. The van der Waals surface area contributed by atoms with Gasteiger partial charge in [-0.05, 0) is 6.92 Å². The Morgan fingerprint density at radius 1 is 1.69 bits per heavy atom. The molecule has 6 heteroatoms. The van der Waals surface area contributed by atoms with Crippen LogP contribution in [0, 0.1) is 0 Å². The van der Waals surface area contributed by atoms with Crippen LogP contribution in [0.15, 0.2) is 12.7 Å². The van der Waals surface area contributed by atoms with E-state index in [0.717, 1.165) is 10.6 Å². The van der Waals surface area contributed by atoms with Crippen molar-refractivity contribution in [1.29, 1.82) is 0 Å². The third kappa shape index (κ3) is 4.05. The highest BCUT2D eigenvalue weighted by atomic mass is 32.2. The molecule has 2 N–H and O–H groups in total. The lowest BCUT2D eigenvalue weighted by atomic mass is 10.3. The van der Waals surface area contributed by atoms with E-state index in [-0.39, 0.29) is 6.54 Å². The molecule has 0 aromatic rings. The van der Waals surface area contributed by atoms with Gasteiger partial charge in [-0.25, -0.2) is 8.42 Å². The molecule has 0 rings (SSSR count). The zero-order valence-corrected chi connectivity index (χ0v) is 8.54. The minimum absolute atomic E-state index is 0.313. The Hall–Kier alpha value is -0.880. The van der Waals surface area contributed by atoms with E-state index in [9.17, 15) is 13.2 Å². The molecule has 76 valence electrons. The van der Waals surface area contributed by atoms with Gasteiger partial charge in [-0.3, -0.25) is 4.79 Å². The average Bonchev–Trinajstić information content (AvgIpc) is 1.96. The first-order valence-corrected chi connectivity index (χ1v) is 5.51. The van der Waals surface area contributed by atoms with Crippen molar-refractivity contribution in [3.8, 4) is 0 Å². The van der Waals surface area contributed by atoms with Gasteiger partial charge < -0.3 is 5.73 Å². The van der Waals surface area contributed by atoms with Gasteiger partial charge in [0.15, 0.2) is 0 Å². The Kier molecular flexibility index (Phi) is 4.09. The maximum Gasteiger partial charge on any atom is 0.232 e. The minimum atomic E-state index is -3.41. The molecule has 1 atom stereocenters. The van der Waals surface area contributed by atoms with Crippen LogP contribution in [0.1, 0.15) is 6.92 Å². The Morgan fingerprint density at radius 2 is 2.15 bits per heavy atom. The third-order valence-corrected chi connectivity index (χ3v) is 2.85. The number of hydrogen-bond acceptors (Lipinski definition) is 3. The molecule has 0 aliphatic rings. The molecule has 0 radical (unpaired) electrons. The van der Waals surface area contributed by atoms with Gasteiger partial charge in [0.25, 0.3) is 0 Å². The van der Waals surface area contributed by atoms with E-state index in [0.29, 0.717) is 0 Å². The molecule has 5 nitrogen and oxygen atoms in total. The number of primary amides is 1. The van der Waals surface area contributed by atoms with Crippen molar-refractivity contribution in [3.05, 3.63) is 12.7 Å². The molecule has 1 amide bonds. The van der Waals surface area contributed by atoms with Crippen molar-refractivity contribution in [2.75, 3.05) is 12.8 Å². The SMILES string of the molecule is C=CC(C)N(CC(N)=O)S(C)(=O)=O. The standard InChI is InChI=1S/C7H14N2O3S/c1-4-6(2)9(5-7(8)10)13(3,11)12/h4,6H,1,5H2,2-3H3,(H2,8,10). The van der Waals surface area contributed by atoms with Gasteiger partial charge in [0.05, 0.1) is 12.8 Å². The number of nitrogens with two attached hydrogens (primary N) is 1.